The lowest BCUT2D eigenvalue weighted by molar-refractivity contribution is -0.385. The second-order valence-electron chi connectivity index (χ2n) is 7.42. The lowest BCUT2D eigenvalue weighted by Gasteiger charge is -2.11. The summed E-state index contributed by atoms with van der Waals surface area (Å²) in [7, 11) is 0. The summed E-state index contributed by atoms with van der Waals surface area (Å²) in [6.45, 7) is 0. The summed E-state index contributed by atoms with van der Waals surface area (Å²) in [6.07, 6.45) is 0. The van der Waals surface area contributed by atoms with Gasteiger partial charge in [0.25, 0.3) is 11.4 Å². The molecule has 0 unspecified atom stereocenters. The zero-order chi connectivity index (χ0) is 22.9. The number of imidazole rings is 1. The minimum absolute atomic E-state index is 0.0238. The Balaban J connectivity index is 1.68. The first-order valence-electron chi connectivity index (χ1n) is 10.1. The van der Waals surface area contributed by atoms with Crippen LogP contribution in [0.4, 0.5) is 11.4 Å². The van der Waals surface area contributed by atoms with Gasteiger partial charge in [-0.25, -0.2) is 4.98 Å². The molecule has 0 aliphatic carbocycles. The molecule has 8 nitrogen and oxygen atoms in total. The van der Waals surface area contributed by atoms with Gasteiger partial charge < -0.3 is 0 Å². The molecule has 0 spiro atoms. The lowest BCUT2D eigenvalue weighted by Crippen LogP contribution is -1.98. The molecule has 160 valence electrons. The first-order chi connectivity index (χ1) is 16.0. The predicted molar refractivity (Wildman–Crippen MR) is 125 cm³/mol. The Morgan fingerprint density at radius 1 is 0.636 bits per heavy atom. The van der Waals surface area contributed by atoms with Gasteiger partial charge >= 0.3 is 0 Å². The van der Waals surface area contributed by atoms with Gasteiger partial charge in [-0.05, 0) is 41.5 Å². The summed E-state index contributed by atoms with van der Waals surface area (Å²) >= 11 is 0. The Morgan fingerprint density at radius 3 is 1.85 bits per heavy atom. The fraction of sp³-hybridized carbons (Fsp3) is 0. The van der Waals surface area contributed by atoms with Crippen molar-refractivity contribution in [1.82, 2.24) is 9.55 Å². The van der Waals surface area contributed by atoms with E-state index in [1.807, 2.05) is 59.2 Å². The Hall–Kier alpha value is -4.85. The number of fused-ring (bicyclic) bond motifs is 1. The largest absolute Gasteiger partial charge is 0.292 e. The van der Waals surface area contributed by atoms with Crippen molar-refractivity contribution in [3.63, 3.8) is 0 Å². The van der Waals surface area contributed by atoms with Crippen LogP contribution in [-0.4, -0.2) is 19.4 Å². The second-order valence-corrected chi connectivity index (χ2v) is 7.42. The van der Waals surface area contributed by atoms with Crippen molar-refractivity contribution in [3.05, 3.63) is 117 Å². The molecular weight excluding hydrogens is 420 g/mol. The first kappa shape index (κ1) is 20.1. The smallest absolute Gasteiger partial charge is 0.271 e. The maximum atomic E-state index is 11.3. The summed E-state index contributed by atoms with van der Waals surface area (Å²) < 4.78 is 1.90. The van der Waals surface area contributed by atoms with Crippen molar-refractivity contribution in [3.8, 4) is 28.2 Å². The van der Waals surface area contributed by atoms with Gasteiger partial charge in [0.2, 0.25) is 0 Å². The zero-order valence-electron chi connectivity index (χ0n) is 17.2. The molecule has 1 heterocycles. The Kier molecular flexibility index (Phi) is 4.87. The third kappa shape index (κ3) is 3.70. The number of nitro groups is 2. The van der Waals surface area contributed by atoms with E-state index in [9.17, 15) is 20.2 Å². The summed E-state index contributed by atoms with van der Waals surface area (Å²) in [5.41, 5.74) is 4.70. The Labute approximate surface area is 187 Å². The number of hydrogen-bond acceptors (Lipinski definition) is 5. The third-order valence-electron chi connectivity index (χ3n) is 5.42. The number of nitrogens with zero attached hydrogens (tertiary/aromatic N) is 4. The molecule has 0 aliphatic heterocycles. The van der Waals surface area contributed by atoms with Gasteiger partial charge in [-0.15, -0.1) is 0 Å². The molecule has 0 amide bonds. The van der Waals surface area contributed by atoms with Crippen LogP contribution in [0.15, 0.2) is 97.1 Å². The summed E-state index contributed by atoms with van der Waals surface area (Å²) in [6, 6.07) is 28.5. The number of hydrogen-bond donors (Lipinski definition) is 0. The first-order valence-corrected chi connectivity index (χ1v) is 10.1. The fourth-order valence-electron chi connectivity index (χ4n) is 3.80. The van der Waals surface area contributed by atoms with Gasteiger partial charge in [0, 0.05) is 35.5 Å². The van der Waals surface area contributed by atoms with Crippen molar-refractivity contribution < 1.29 is 9.85 Å². The molecule has 0 aliphatic rings. The Morgan fingerprint density at radius 2 is 1.21 bits per heavy atom. The van der Waals surface area contributed by atoms with Crippen LogP contribution in [0.1, 0.15) is 0 Å². The van der Waals surface area contributed by atoms with Gasteiger partial charge in [0.15, 0.2) is 0 Å². The number of aromatic nitrogens is 2. The predicted octanol–water partition coefficient (Wildman–Crippen LogP) is 6.18. The van der Waals surface area contributed by atoms with Crippen molar-refractivity contribution >= 4 is 22.4 Å². The van der Waals surface area contributed by atoms with Crippen molar-refractivity contribution in [2.45, 2.75) is 0 Å². The quantitative estimate of drug-likeness (QED) is 0.242. The van der Waals surface area contributed by atoms with E-state index in [4.69, 9.17) is 0 Å². The number of benzene rings is 4. The van der Waals surface area contributed by atoms with Crippen LogP contribution in [-0.2, 0) is 0 Å². The molecule has 0 fully saturated rings. The number of non-ortho nitro benzene ring substituents is 2. The van der Waals surface area contributed by atoms with Crippen molar-refractivity contribution in [2.24, 2.45) is 0 Å². The van der Waals surface area contributed by atoms with Crippen LogP contribution in [0.2, 0.25) is 0 Å². The van der Waals surface area contributed by atoms with Crippen LogP contribution in [0.5, 0.6) is 0 Å². The molecule has 0 N–H and O–H groups in total. The topological polar surface area (TPSA) is 104 Å². The van der Waals surface area contributed by atoms with E-state index in [1.54, 1.807) is 18.2 Å². The van der Waals surface area contributed by atoms with Crippen LogP contribution >= 0.6 is 0 Å². The van der Waals surface area contributed by atoms with E-state index < -0.39 is 9.85 Å². The molecule has 1 aromatic heterocycles. The van der Waals surface area contributed by atoms with Crippen LogP contribution < -0.4 is 0 Å². The highest BCUT2D eigenvalue weighted by Crippen LogP contribution is 2.32. The fourth-order valence-corrected chi connectivity index (χ4v) is 3.80. The summed E-state index contributed by atoms with van der Waals surface area (Å²) in [5.74, 6) is 0.535. The molecule has 0 saturated heterocycles. The van der Waals surface area contributed by atoms with E-state index in [0.29, 0.717) is 22.4 Å². The molecule has 5 aromatic rings. The zero-order valence-corrected chi connectivity index (χ0v) is 17.2. The highest BCUT2D eigenvalue weighted by molar-refractivity contribution is 5.85. The minimum atomic E-state index is -0.460. The van der Waals surface area contributed by atoms with Gasteiger partial charge in [-0.2, -0.15) is 0 Å². The van der Waals surface area contributed by atoms with E-state index in [-0.39, 0.29) is 11.4 Å². The Bertz CT molecular complexity index is 1490. The SMILES string of the molecule is O=[N+]([O-])c1ccc(-c2nc3cc([N+](=O)[O-])ccc3n2-c2ccc(-c3ccccc3)cc2)cc1. The van der Waals surface area contributed by atoms with Crippen molar-refractivity contribution in [1.29, 1.82) is 0 Å². The molecule has 5 rings (SSSR count). The number of rotatable bonds is 5. The average molecular weight is 436 g/mol. The summed E-state index contributed by atoms with van der Waals surface area (Å²) in [5, 5.41) is 22.3. The van der Waals surface area contributed by atoms with Crippen LogP contribution in [0.25, 0.3) is 39.2 Å². The highest BCUT2D eigenvalue weighted by atomic mass is 16.6. The maximum Gasteiger partial charge on any atom is 0.271 e. The van der Waals surface area contributed by atoms with E-state index in [0.717, 1.165) is 16.8 Å². The number of nitro benzene ring substituents is 2. The van der Waals surface area contributed by atoms with Crippen LogP contribution in [0.3, 0.4) is 0 Å². The van der Waals surface area contributed by atoms with E-state index in [1.165, 1.54) is 24.3 Å². The molecule has 0 radical (unpaired) electrons. The molecule has 8 heteroatoms. The maximum absolute atomic E-state index is 11.3. The lowest BCUT2D eigenvalue weighted by atomic mass is 10.1. The van der Waals surface area contributed by atoms with E-state index >= 15 is 0 Å². The summed E-state index contributed by atoms with van der Waals surface area (Å²) in [4.78, 5) is 26.0. The van der Waals surface area contributed by atoms with Crippen LogP contribution in [0, 0.1) is 20.2 Å². The molecule has 33 heavy (non-hydrogen) atoms. The van der Waals surface area contributed by atoms with Gasteiger partial charge in [-0.1, -0.05) is 42.5 Å². The standard InChI is InChI=1S/C25H16N4O4/c30-28(31)21-12-8-19(9-13-21)25-26-23-16-22(29(32)33)14-15-24(23)27(25)20-10-6-18(7-11-20)17-4-2-1-3-5-17/h1-16H. The van der Waals surface area contributed by atoms with Gasteiger partial charge in [0.1, 0.15) is 5.82 Å². The highest BCUT2D eigenvalue weighted by Gasteiger charge is 2.18. The van der Waals surface area contributed by atoms with Gasteiger partial charge in [0.05, 0.1) is 20.9 Å². The molecular formula is C25H16N4O4. The molecule has 0 bridgehead atoms. The minimum Gasteiger partial charge on any atom is -0.292 e. The van der Waals surface area contributed by atoms with Gasteiger partial charge in [-0.3, -0.25) is 24.8 Å². The second kappa shape index (κ2) is 8.01. The van der Waals surface area contributed by atoms with E-state index in [2.05, 4.69) is 4.98 Å². The molecule has 0 atom stereocenters. The third-order valence-corrected chi connectivity index (χ3v) is 5.42. The van der Waals surface area contributed by atoms with Crippen molar-refractivity contribution in [2.75, 3.05) is 0 Å². The molecule has 4 aromatic carbocycles. The monoisotopic (exact) mass is 436 g/mol. The average Bonchev–Trinajstić information content (AvgIpc) is 3.23. The molecule has 0 saturated carbocycles. The normalized spacial score (nSPS) is 10.9.